The average Bonchev–Trinajstić information content (AvgIpc) is 2.83. The molecule has 0 bridgehead atoms. The average molecular weight is 453 g/mol. The van der Waals surface area contributed by atoms with Crippen molar-refractivity contribution < 1.29 is 4.79 Å². The minimum Gasteiger partial charge on any atom is -0.373 e. The molecule has 1 aliphatic rings. The van der Waals surface area contributed by atoms with Gasteiger partial charge in [0.1, 0.15) is 11.5 Å². The van der Waals surface area contributed by atoms with Crippen LogP contribution in [0.25, 0.3) is 11.1 Å². The Hall–Kier alpha value is -3.13. The Morgan fingerprint density at radius 3 is 2.91 bits per heavy atom. The minimum absolute atomic E-state index is 0.0281. The summed E-state index contributed by atoms with van der Waals surface area (Å²) in [7, 11) is 1.83. The highest BCUT2D eigenvalue weighted by atomic mass is 16.2. The summed E-state index contributed by atoms with van der Waals surface area (Å²) in [5, 5.41) is 6.33. The number of nitrogens with one attached hydrogen (secondary N) is 3. The number of aromatic nitrogens is 2. The van der Waals surface area contributed by atoms with Gasteiger partial charge in [0.25, 0.3) is 5.56 Å². The zero-order chi connectivity index (χ0) is 23.8. The number of likely N-dealkylation sites (tertiary alicyclic amines) is 1. The maximum absolute atomic E-state index is 12.8. The number of likely N-dealkylation sites (N-methyl/N-ethyl adjacent to an activating group) is 1. The summed E-state index contributed by atoms with van der Waals surface area (Å²) in [5.74, 6) is 0.797. The lowest BCUT2D eigenvalue weighted by molar-refractivity contribution is -0.127. The van der Waals surface area contributed by atoms with Crippen molar-refractivity contribution in [1.82, 2.24) is 20.2 Å². The molecule has 0 spiro atoms. The summed E-state index contributed by atoms with van der Waals surface area (Å²) in [6, 6.07) is 6.30. The molecule has 0 aromatic carbocycles. The van der Waals surface area contributed by atoms with Crippen LogP contribution in [0.3, 0.4) is 0 Å². The highest BCUT2D eigenvalue weighted by Gasteiger charge is 2.28. The van der Waals surface area contributed by atoms with Crippen LogP contribution in [0.1, 0.15) is 33.6 Å². The molecule has 3 N–H and O–H groups in total. The van der Waals surface area contributed by atoms with E-state index >= 15 is 0 Å². The van der Waals surface area contributed by atoms with Gasteiger partial charge in [0.05, 0.1) is 0 Å². The van der Waals surface area contributed by atoms with E-state index in [9.17, 15) is 9.59 Å². The monoisotopic (exact) mass is 452 g/mol. The van der Waals surface area contributed by atoms with E-state index in [-0.39, 0.29) is 17.5 Å². The van der Waals surface area contributed by atoms with Crippen molar-refractivity contribution in [1.29, 1.82) is 0 Å². The first-order valence-corrected chi connectivity index (χ1v) is 11.7. The SMILES string of the molecule is CCN(c1cc(-c2ccnc(NC)c2)c[nH]c1=O)[C@H]1CCCN(C(=O)/C=C/CNC(C)C)C1. The number of carbonyl (C=O) groups is 1. The van der Waals surface area contributed by atoms with Gasteiger partial charge in [0.2, 0.25) is 5.91 Å². The molecule has 1 amide bonds. The lowest BCUT2D eigenvalue weighted by Crippen LogP contribution is -2.50. The zero-order valence-corrected chi connectivity index (χ0v) is 20.1. The van der Waals surface area contributed by atoms with Crippen LogP contribution in [0.5, 0.6) is 0 Å². The summed E-state index contributed by atoms with van der Waals surface area (Å²) in [6.07, 6.45) is 8.88. The molecule has 0 radical (unpaired) electrons. The maximum atomic E-state index is 12.8. The van der Waals surface area contributed by atoms with E-state index in [4.69, 9.17) is 0 Å². The number of pyridine rings is 2. The number of nitrogens with zero attached hydrogens (tertiary/aromatic N) is 3. The molecular weight excluding hydrogens is 416 g/mol. The molecule has 3 heterocycles. The molecule has 8 nitrogen and oxygen atoms in total. The van der Waals surface area contributed by atoms with Crippen molar-refractivity contribution in [3.8, 4) is 11.1 Å². The van der Waals surface area contributed by atoms with Gasteiger partial charge in [-0.3, -0.25) is 9.59 Å². The van der Waals surface area contributed by atoms with Gasteiger partial charge in [-0.15, -0.1) is 0 Å². The molecule has 1 atom stereocenters. The van der Waals surface area contributed by atoms with Gasteiger partial charge in [0, 0.05) is 69.3 Å². The van der Waals surface area contributed by atoms with Crippen molar-refractivity contribution in [2.45, 2.75) is 45.7 Å². The molecule has 2 aromatic heterocycles. The molecule has 0 unspecified atom stereocenters. The predicted octanol–water partition coefficient (Wildman–Crippen LogP) is 2.85. The van der Waals surface area contributed by atoms with Crippen molar-refractivity contribution in [2.24, 2.45) is 0 Å². The Labute approximate surface area is 196 Å². The van der Waals surface area contributed by atoms with Crippen molar-refractivity contribution >= 4 is 17.4 Å². The number of aromatic amines is 1. The topological polar surface area (TPSA) is 93.4 Å². The number of carbonyl (C=O) groups excluding carboxylic acids is 1. The maximum Gasteiger partial charge on any atom is 0.271 e. The van der Waals surface area contributed by atoms with Crippen LogP contribution < -0.4 is 21.1 Å². The van der Waals surface area contributed by atoms with Crippen LogP contribution in [-0.2, 0) is 4.79 Å². The number of amides is 1. The summed E-state index contributed by atoms with van der Waals surface area (Å²) < 4.78 is 0. The van der Waals surface area contributed by atoms with Gasteiger partial charge >= 0.3 is 0 Å². The van der Waals surface area contributed by atoms with Crippen molar-refractivity contribution in [3.05, 3.63) is 53.1 Å². The van der Waals surface area contributed by atoms with Gasteiger partial charge in [-0.25, -0.2) is 4.98 Å². The van der Waals surface area contributed by atoms with Gasteiger partial charge in [-0.2, -0.15) is 0 Å². The minimum atomic E-state index is -0.119. The van der Waals surface area contributed by atoms with Crippen LogP contribution in [0.15, 0.2) is 47.5 Å². The number of hydrogen-bond donors (Lipinski definition) is 3. The molecule has 8 heteroatoms. The molecule has 1 saturated heterocycles. The number of hydrogen-bond acceptors (Lipinski definition) is 6. The molecule has 1 aliphatic heterocycles. The highest BCUT2D eigenvalue weighted by Crippen LogP contribution is 2.26. The van der Waals surface area contributed by atoms with E-state index in [1.54, 1.807) is 18.5 Å². The van der Waals surface area contributed by atoms with Gasteiger partial charge < -0.3 is 25.4 Å². The number of rotatable bonds is 9. The molecule has 2 aromatic rings. The standard InChI is InChI=1S/C25H36N6O2/c1-5-31(21-8-7-13-30(17-21)24(32)9-6-11-27-18(2)3)22-14-20(16-29-25(22)33)19-10-12-28-23(15-19)26-4/h6,9-10,12,14-16,18,21,27H,5,7-8,11,13,17H2,1-4H3,(H,26,28)(H,29,33)/b9-6+/t21-/m0/s1. The normalized spacial score (nSPS) is 16.4. The molecule has 178 valence electrons. The Morgan fingerprint density at radius 2 is 2.18 bits per heavy atom. The molecular formula is C25H36N6O2. The fourth-order valence-electron chi connectivity index (χ4n) is 4.20. The molecule has 3 rings (SSSR count). The van der Waals surface area contributed by atoms with Crippen LogP contribution in [0.2, 0.25) is 0 Å². The van der Waals surface area contributed by atoms with E-state index in [0.29, 0.717) is 31.4 Å². The lowest BCUT2D eigenvalue weighted by atomic mass is 10.0. The van der Waals surface area contributed by atoms with E-state index < -0.39 is 0 Å². The molecule has 1 fully saturated rings. The second-order valence-electron chi connectivity index (χ2n) is 8.61. The number of anilines is 2. The zero-order valence-electron chi connectivity index (χ0n) is 20.1. The first-order chi connectivity index (χ1) is 15.9. The van der Waals surface area contributed by atoms with Crippen LogP contribution in [0.4, 0.5) is 11.5 Å². The quantitative estimate of drug-likeness (QED) is 0.507. The van der Waals surface area contributed by atoms with E-state index in [1.807, 2.05) is 36.2 Å². The van der Waals surface area contributed by atoms with Crippen LogP contribution >= 0.6 is 0 Å². The third kappa shape index (κ3) is 6.44. The van der Waals surface area contributed by atoms with Crippen LogP contribution in [-0.4, -0.2) is 66.1 Å². The van der Waals surface area contributed by atoms with E-state index in [0.717, 1.165) is 36.3 Å². The van der Waals surface area contributed by atoms with E-state index in [1.165, 1.54) is 0 Å². The summed E-state index contributed by atoms with van der Waals surface area (Å²) in [4.78, 5) is 36.7. The fourth-order valence-corrected chi connectivity index (χ4v) is 4.20. The smallest absolute Gasteiger partial charge is 0.271 e. The van der Waals surface area contributed by atoms with Crippen molar-refractivity contribution in [2.75, 3.05) is 43.4 Å². The Bertz CT molecular complexity index is 1020. The van der Waals surface area contributed by atoms with Gasteiger partial charge in [-0.1, -0.05) is 19.9 Å². The highest BCUT2D eigenvalue weighted by molar-refractivity contribution is 5.87. The Balaban J connectivity index is 1.78. The Kier molecular flexibility index (Phi) is 8.65. The second-order valence-corrected chi connectivity index (χ2v) is 8.61. The third-order valence-corrected chi connectivity index (χ3v) is 5.94. The first kappa shape index (κ1) is 24.5. The van der Waals surface area contributed by atoms with Crippen molar-refractivity contribution in [3.63, 3.8) is 0 Å². The van der Waals surface area contributed by atoms with Gasteiger partial charge in [-0.05, 0) is 43.5 Å². The molecule has 0 aliphatic carbocycles. The number of H-pyrrole nitrogens is 1. The second kappa shape index (κ2) is 11.7. The molecule has 0 saturated carbocycles. The predicted molar refractivity (Wildman–Crippen MR) is 135 cm³/mol. The first-order valence-electron chi connectivity index (χ1n) is 11.7. The summed E-state index contributed by atoms with van der Waals surface area (Å²) >= 11 is 0. The fraction of sp³-hybridized carbons (Fsp3) is 0.480. The lowest BCUT2D eigenvalue weighted by Gasteiger charge is -2.39. The van der Waals surface area contributed by atoms with Crippen LogP contribution in [0, 0.1) is 0 Å². The molecule has 33 heavy (non-hydrogen) atoms. The Morgan fingerprint density at radius 1 is 1.36 bits per heavy atom. The van der Waals surface area contributed by atoms with Gasteiger partial charge in [0.15, 0.2) is 0 Å². The number of piperidine rings is 1. The third-order valence-electron chi connectivity index (χ3n) is 5.94. The summed E-state index contributed by atoms with van der Waals surface area (Å²) in [6.45, 7) is 8.92. The van der Waals surface area contributed by atoms with E-state index in [2.05, 4.69) is 46.3 Å². The largest absolute Gasteiger partial charge is 0.373 e. The summed E-state index contributed by atoms with van der Waals surface area (Å²) in [5.41, 5.74) is 2.41.